The Morgan fingerprint density at radius 2 is 1.61 bits per heavy atom. The molecule has 3 N–H and O–H groups in total. The standard InChI is InChI=1S/C34H27Cl2F3N4O8/c1-50-23-9-14(10-24(51-2)27(23)44)26-18-7-8-19-25(31(47)43(49)29(19)45)20(18)12-21-30(46)42(32(48)33(21,26)15-3-5-17(35)6-4-15)41-28-22(36)11-16(13-40-28)34(37,38)39/h3-7,9-11,13,19-21,25-26,44,49H,8,12H2,1-2H3,(H,40,41). The Kier molecular flexibility index (Phi) is 8.23. The van der Waals surface area contributed by atoms with E-state index in [1.165, 1.54) is 38.5 Å². The molecule has 2 saturated heterocycles. The van der Waals surface area contributed by atoms with Gasteiger partial charge >= 0.3 is 6.18 Å². The molecule has 7 rings (SSSR count). The van der Waals surface area contributed by atoms with Crippen molar-refractivity contribution in [2.45, 2.75) is 30.4 Å². The predicted molar refractivity (Wildman–Crippen MR) is 172 cm³/mol. The summed E-state index contributed by atoms with van der Waals surface area (Å²) >= 11 is 12.5. The maximum atomic E-state index is 15.2. The quantitative estimate of drug-likeness (QED) is 0.167. The maximum Gasteiger partial charge on any atom is 0.417 e. The number of anilines is 1. The fourth-order valence-electron chi connectivity index (χ4n) is 8.22. The molecule has 2 aliphatic carbocycles. The van der Waals surface area contributed by atoms with Crippen LogP contribution in [-0.4, -0.2) is 63.2 Å². The van der Waals surface area contributed by atoms with Crippen LogP contribution in [0, 0.1) is 23.7 Å². The number of carbonyl (C=O) groups excluding carboxylic acids is 4. The van der Waals surface area contributed by atoms with Crippen LogP contribution in [0.3, 0.4) is 0 Å². The number of methoxy groups -OCH3 is 2. The number of fused-ring (bicyclic) bond motifs is 4. The SMILES string of the molecule is COc1cc(C2C3=CCC4C(=O)N(O)C(=O)C4C3CC3C(=O)N(Nc4ncc(C(F)(F)F)cc4Cl)C(=O)C32c2ccc(Cl)cc2)cc(OC)c1O. The predicted octanol–water partition coefficient (Wildman–Crippen LogP) is 5.50. The summed E-state index contributed by atoms with van der Waals surface area (Å²) in [4.78, 5) is 59.9. The molecule has 2 aromatic carbocycles. The summed E-state index contributed by atoms with van der Waals surface area (Å²) < 4.78 is 51.1. The van der Waals surface area contributed by atoms with Crippen molar-refractivity contribution >= 4 is 52.6 Å². The minimum atomic E-state index is -4.77. The lowest BCUT2D eigenvalue weighted by Gasteiger charge is -2.50. The van der Waals surface area contributed by atoms with Gasteiger partial charge in [0.05, 0.1) is 48.0 Å². The van der Waals surface area contributed by atoms with Crippen molar-refractivity contribution in [3.05, 3.63) is 87.0 Å². The van der Waals surface area contributed by atoms with Crippen molar-refractivity contribution in [3.8, 4) is 17.2 Å². The fraction of sp³-hybridized carbons (Fsp3) is 0.324. The van der Waals surface area contributed by atoms with Crippen LogP contribution in [0.1, 0.15) is 35.4 Å². The van der Waals surface area contributed by atoms with E-state index >= 15 is 4.79 Å². The van der Waals surface area contributed by atoms with E-state index < -0.39 is 81.2 Å². The second-order valence-corrected chi connectivity index (χ2v) is 13.5. The van der Waals surface area contributed by atoms with Crippen LogP contribution in [0.15, 0.2) is 60.3 Å². The number of carbonyl (C=O) groups is 4. The van der Waals surface area contributed by atoms with E-state index in [-0.39, 0.29) is 35.2 Å². The number of ether oxygens (including phenoxy) is 2. The number of hydrazine groups is 1. The normalized spacial score (nSPS) is 27.2. The summed E-state index contributed by atoms with van der Waals surface area (Å²) in [5.41, 5.74) is 0.702. The van der Waals surface area contributed by atoms with Crippen molar-refractivity contribution in [2.75, 3.05) is 19.6 Å². The number of aromatic nitrogens is 1. The number of nitrogens with zero attached hydrogens (tertiary/aromatic N) is 3. The van der Waals surface area contributed by atoms with Gasteiger partial charge in [0.1, 0.15) is 0 Å². The third-order valence-electron chi connectivity index (χ3n) is 10.4. The highest BCUT2D eigenvalue weighted by Gasteiger charge is 2.70. The zero-order chi connectivity index (χ0) is 36.7. The van der Waals surface area contributed by atoms with Crippen LogP contribution < -0.4 is 14.9 Å². The molecule has 3 fully saturated rings. The second kappa shape index (κ2) is 12.1. The number of hydrogen-bond donors (Lipinski definition) is 3. The number of rotatable bonds is 6. The molecule has 6 atom stereocenters. The average Bonchev–Trinajstić information content (AvgIpc) is 3.45. The first-order chi connectivity index (χ1) is 24.1. The summed E-state index contributed by atoms with van der Waals surface area (Å²) in [6, 6.07) is 9.73. The number of phenols is 1. The molecule has 17 heteroatoms. The summed E-state index contributed by atoms with van der Waals surface area (Å²) in [5, 5.41) is 21.7. The van der Waals surface area contributed by atoms with E-state index in [1.54, 1.807) is 18.2 Å². The highest BCUT2D eigenvalue weighted by molar-refractivity contribution is 6.33. The first-order valence-electron chi connectivity index (χ1n) is 15.5. The van der Waals surface area contributed by atoms with E-state index in [2.05, 4.69) is 10.4 Å². The molecular formula is C34H27Cl2F3N4O8. The molecule has 12 nitrogen and oxygen atoms in total. The van der Waals surface area contributed by atoms with E-state index in [1.807, 2.05) is 0 Å². The summed E-state index contributed by atoms with van der Waals surface area (Å²) in [5.74, 6) is -9.39. The van der Waals surface area contributed by atoms with Crippen LogP contribution in [0.5, 0.6) is 17.2 Å². The van der Waals surface area contributed by atoms with Crippen LogP contribution >= 0.6 is 23.2 Å². The highest BCUT2D eigenvalue weighted by Crippen LogP contribution is 2.64. The van der Waals surface area contributed by atoms with Gasteiger partial charge in [-0.2, -0.15) is 23.2 Å². The van der Waals surface area contributed by atoms with E-state index in [0.29, 0.717) is 39.0 Å². The number of alkyl halides is 3. The van der Waals surface area contributed by atoms with Crippen LogP contribution in [0.4, 0.5) is 19.0 Å². The minimum absolute atomic E-state index is 0.0253. The van der Waals surface area contributed by atoms with E-state index in [9.17, 15) is 37.9 Å². The molecule has 0 spiro atoms. The number of nitrogens with one attached hydrogen (secondary N) is 1. The molecule has 0 radical (unpaired) electrons. The van der Waals surface area contributed by atoms with Gasteiger partial charge in [0.15, 0.2) is 17.3 Å². The van der Waals surface area contributed by atoms with Crippen LogP contribution in [-0.2, 0) is 30.8 Å². The van der Waals surface area contributed by atoms with E-state index in [4.69, 9.17) is 32.7 Å². The van der Waals surface area contributed by atoms with Crippen molar-refractivity contribution in [1.82, 2.24) is 15.1 Å². The number of pyridine rings is 1. The van der Waals surface area contributed by atoms with Crippen LogP contribution in [0.2, 0.25) is 10.0 Å². The fourth-order valence-corrected chi connectivity index (χ4v) is 8.56. The number of amides is 4. The van der Waals surface area contributed by atoms with Crippen molar-refractivity contribution < 1.29 is 52.1 Å². The van der Waals surface area contributed by atoms with Gasteiger partial charge in [-0.15, -0.1) is 0 Å². The van der Waals surface area contributed by atoms with Crippen LogP contribution in [0.25, 0.3) is 0 Å². The van der Waals surface area contributed by atoms with Gasteiger partial charge in [-0.1, -0.05) is 47.0 Å². The summed E-state index contributed by atoms with van der Waals surface area (Å²) in [7, 11) is 2.61. The first kappa shape index (κ1) is 34.6. The Bertz CT molecular complexity index is 2020. The maximum absolute atomic E-state index is 15.2. The van der Waals surface area contributed by atoms with Gasteiger partial charge in [0, 0.05) is 17.1 Å². The van der Waals surface area contributed by atoms with Crippen molar-refractivity contribution in [1.29, 1.82) is 0 Å². The number of halogens is 5. The molecular weight excluding hydrogens is 720 g/mol. The lowest BCUT2D eigenvalue weighted by atomic mass is 9.49. The molecule has 2 aliphatic heterocycles. The summed E-state index contributed by atoms with van der Waals surface area (Å²) in [6.07, 6.45) is -2.67. The van der Waals surface area contributed by atoms with Gasteiger partial charge in [-0.3, -0.25) is 29.8 Å². The van der Waals surface area contributed by atoms with Gasteiger partial charge in [0.2, 0.25) is 5.75 Å². The number of phenolic OH excluding ortho intramolecular Hbond substituents is 1. The lowest BCUT2D eigenvalue weighted by molar-refractivity contribution is -0.173. The smallest absolute Gasteiger partial charge is 0.417 e. The number of hydroxylamine groups is 2. The monoisotopic (exact) mass is 746 g/mol. The Labute approximate surface area is 297 Å². The average molecular weight is 748 g/mol. The number of aromatic hydroxyl groups is 1. The Morgan fingerprint density at radius 3 is 2.20 bits per heavy atom. The van der Waals surface area contributed by atoms with Gasteiger partial charge < -0.3 is 14.6 Å². The number of imide groups is 2. The number of allylic oxidation sites excluding steroid dienone is 2. The molecule has 0 bridgehead atoms. The molecule has 4 amide bonds. The third kappa shape index (κ3) is 5.04. The minimum Gasteiger partial charge on any atom is -0.502 e. The Morgan fingerprint density at radius 1 is 0.961 bits per heavy atom. The molecule has 1 aromatic heterocycles. The highest BCUT2D eigenvalue weighted by atomic mass is 35.5. The second-order valence-electron chi connectivity index (χ2n) is 12.7. The third-order valence-corrected chi connectivity index (χ3v) is 10.9. The zero-order valence-electron chi connectivity index (χ0n) is 26.6. The molecule has 3 aromatic rings. The van der Waals surface area contributed by atoms with Crippen molar-refractivity contribution in [3.63, 3.8) is 0 Å². The van der Waals surface area contributed by atoms with Gasteiger partial charge in [-0.25, -0.2) is 4.98 Å². The number of hydrogen-bond acceptors (Lipinski definition) is 10. The molecule has 51 heavy (non-hydrogen) atoms. The van der Waals surface area contributed by atoms with Gasteiger partial charge in [0.25, 0.3) is 23.6 Å². The lowest BCUT2D eigenvalue weighted by Crippen LogP contribution is -2.53. The van der Waals surface area contributed by atoms with Crippen molar-refractivity contribution in [2.24, 2.45) is 23.7 Å². The molecule has 1 saturated carbocycles. The number of benzene rings is 2. The first-order valence-corrected chi connectivity index (χ1v) is 16.3. The molecule has 4 aliphatic rings. The largest absolute Gasteiger partial charge is 0.502 e. The van der Waals surface area contributed by atoms with E-state index in [0.717, 1.165) is 0 Å². The Hall–Kier alpha value is -4.86. The molecule has 6 unspecified atom stereocenters. The Balaban J connectivity index is 1.48. The molecule has 266 valence electrons. The zero-order valence-corrected chi connectivity index (χ0v) is 28.1. The topological polar surface area (TPSA) is 159 Å². The van der Waals surface area contributed by atoms with Gasteiger partial charge in [-0.05, 0) is 60.2 Å². The summed E-state index contributed by atoms with van der Waals surface area (Å²) in [6.45, 7) is 0. The molecule has 3 heterocycles.